The van der Waals surface area contributed by atoms with Crippen molar-refractivity contribution in [2.75, 3.05) is 25.2 Å². The minimum absolute atomic E-state index is 0.0414. The summed E-state index contributed by atoms with van der Waals surface area (Å²) >= 11 is 0. The first-order valence-electron chi connectivity index (χ1n) is 8.16. The molecule has 146 valence electrons. The van der Waals surface area contributed by atoms with Gasteiger partial charge in [-0.3, -0.25) is 13.7 Å². The predicted molar refractivity (Wildman–Crippen MR) is 94.5 cm³/mol. The van der Waals surface area contributed by atoms with Gasteiger partial charge in [-0.05, 0) is 18.2 Å². The molecule has 0 aliphatic carbocycles. The predicted octanol–water partition coefficient (Wildman–Crippen LogP) is 1.98. The number of hydrogen-bond donors (Lipinski definition) is 0. The van der Waals surface area contributed by atoms with Gasteiger partial charge in [0, 0.05) is 53.2 Å². The van der Waals surface area contributed by atoms with E-state index in [1.807, 2.05) is 0 Å². The van der Waals surface area contributed by atoms with Crippen LogP contribution in [0.1, 0.15) is 22.0 Å². The minimum Gasteiger partial charge on any atom is -0.493 e. The van der Waals surface area contributed by atoms with Crippen LogP contribution >= 0.6 is 0 Å². The van der Waals surface area contributed by atoms with Crippen LogP contribution in [0.4, 0.5) is 8.78 Å². The summed E-state index contributed by atoms with van der Waals surface area (Å²) in [6, 6.07) is 3.68. The second kappa shape index (κ2) is 8.03. The van der Waals surface area contributed by atoms with E-state index in [1.54, 1.807) is 29.0 Å². The molecule has 10 heteroatoms. The number of alkyl halides is 2. The highest BCUT2D eigenvalue weighted by molar-refractivity contribution is 7.85. The fourth-order valence-corrected chi connectivity index (χ4v) is 4.29. The van der Waals surface area contributed by atoms with E-state index >= 15 is 0 Å². The van der Waals surface area contributed by atoms with Gasteiger partial charge in [-0.15, -0.1) is 0 Å². The van der Waals surface area contributed by atoms with Gasteiger partial charge in [0.25, 0.3) is 5.91 Å². The standard InChI is InChI=1S/C17H19F2N3O4S/c1-21-9-12(8-20-21)13-10-27(24)6-5-22(13)16(23)11-3-4-14(26-17(18)19)15(7-11)25-2/h3-4,7-9,13,17H,5-6,10H2,1-2H3. The third kappa shape index (κ3) is 4.26. The zero-order chi connectivity index (χ0) is 19.6. The van der Waals surface area contributed by atoms with Crippen molar-refractivity contribution < 1.29 is 27.3 Å². The maximum atomic E-state index is 13.1. The molecule has 1 saturated heterocycles. The Morgan fingerprint density at radius 2 is 2.15 bits per heavy atom. The molecule has 2 aromatic rings. The Kier molecular flexibility index (Phi) is 5.73. The van der Waals surface area contributed by atoms with Gasteiger partial charge in [-0.2, -0.15) is 13.9 Å². The van der Waals surface area contributed by atoms with Crippen molar-refractivity contribution in [3.8, 4) is 11.5 Å². The molecule has 0 spiro atoms. The van der Waals surface area contributed by atoms with Crippen LogP contribution in [-0.2, 0) is 17.8 Å². The first kappa shape index (κ1) is 19.3. The molecule has 27 heavy (non-hydrogen) atoms. The monoisotopic (exact) mass is 399 g/mol. The molecule has 0 N–H and O–H groups in total. The Morgan fingerprint density at radius 1 is 1.37 bits per heavy atom. The third-order valence-corrected chi connectivity index (χ3v) is 5.60. The highest BCUT2D eigenvalue weighted by Gasteiger charge is 2.33. The van der Waals surface area contributed by atoms with Gasteiger partial charge in [0.2, 0.25) is 0 Å². The molecule has 2 unspecified atom stereocenters. The minimum atomic E-state index is -2.99. The maximum absolute atomic E-state index is 13.1. The number of hydrogen-bond acceptors (Lipinski definition) is 5. The van der Waals surface area contributed by atoms with Crippen LogP contribution in [0.25, 0.3) is 0 Å². The molecule has 0 bridgehead atoms. The van der Waals surface area contributed by atoms with E-state index in [0.29, 0.717) is 18.1 Å². The summed E-state index contributed by atoms with van der Waals surface area (Å²) in [6.07, 6.45) is 3.43. The van der Waals surface area contributed by atoms with E-state index < -0.39 is 17.4 Å². The van der Waals surface area contributed by atoms with Crippen LogP contribution in [0.15, 0.2) is 30.6 Å². The summed E-state index contributed by atoms with van der Waals surface area (Å²) < 4.78 is 48.1. The third-order valence-electron chi connectivity index (χ3n) is 4.28. The smallest absolute Gasteiger partial charge is 0.387 e. The lowest BCUT2D eigenvalue weighted by molar-refractivity contribution is -0.0512. The molecular weight excluding hydrogens is 380 g/mol. The van der Waals surface area contributed by atoms with Gasteiger partial charge in [-0.25, -0.2) is 0 Å². The molecule has 1 aliphatic rings. The van der Waals surface area contributed by atoms with Gasteiger partial charge in [0.1, 0.15) is 0 Å². The van der Waals surface area contributed by atoms with Gasteiger partial charge in [0.05, 0.1) is 19.3 Å². The zero-order valence-electron chi connectivity index (χ0n) is 14.8. The number of nitrogens with zero attached hydrogens (tertiary/aromatic N) is 3. The van der Waals surface area contributed by atoms with Crippen LogP contribution in [0.2, 0.25) is 0 Å². The largest absolute Gasteiger partial charge is 0.493 e. The summed E-state index contributed by atoms with van der Waals surface area (Å²) in [5, 5.41) is 4.12. The quantitative estimate of drug-likeness (QED) is 0.769. The summed E-state index contributed by atoms with van der Waals surface area (Å²) in [5.74, 6) is 0.294. The van der Waals surface area contributed by atoms with E-state index in [0.717, 1.165) is 5.56 Å². The Balaban J connectivity index is 1.89. The van der Waals surface area contributed by atoms with Crippen LogP contribution in [0.5, 0.6) is 11.5 Å². The van der Waals surface area contributed by atoms with E-state index in [2.05, 4.69) is 9.84 Å². The van der Waals surface area contributed by atoms with Crippen LogP contribution in [0, 0.1) is 0 Å². The summed E-state index contributed by atoms with van der Waals surface area (Å²) in [4.78, 5) is 14.7. The molecule has 1 fully saturated rings. The number of amides is 1. The number of aromatic nitrogens is 2. The molecule has 1 aliphatic heterocycles. The van der Waals surface area contributed by atoms with Crippen molar-refractivity contribution in [3.05, 3.63) is 41.7 Å². The molecule has 3 rings (SSSR count). The Hall–Kier alpha value is -2.49. The number of ether oxygens (including phenoxy) is 2. The fraction of sp³-hybridized carbons (Fsp3) is 0.412. The van der Waals surface area contributed by atoms with Crippen molar-refractivity contribution in [2.24, 2.45) is 7.05 Å². The molecular formula is C17H19F2N3O4S. The summed E-state index contributed by atoms with van der Waals surface area (Å²) in [6.45, 7) is -2.67. The van der Waals surface area contributed by atoms with Gasteiger partial charge < -0.3 is 14.4 Å². The second-order valence-electron chi connectivity index (χ2n) is 6.02. The number of aryl methyl sites for hydroxylation is 1. The summed E-state index contributed by atoms with van der Waals surface area (Å²) in [5.41, 5.74) is 1.07. The van der Waals surface area contributed by atoms with Crippen LogP contribution in [0.3, 0.4) is 0 Å². The lowest BCUT2D eigenvalue weighted by Crippen LogP contribution is -2.44. The molecule has 7 nitrogen and oxygen atoms in total. The highest BCUT2D eigenvalue weighted by atomic mass is 32.2. The lowest BCUT2D eigenvalue weighted by Gasteiger charge is -2.35. The van der Waals surface area contributed by atoms with Crippen molar-refractivity contribution >= 4 is 16.7 Å². The van der Waals surface area contributed by atoms with Crippen molar-refractivity contribution in [1.82, 2.24) is 14.7 Å². The van der Waals surface area contributed by atoms with E-state index in [-0.39, 0.29) is 29.0 Å². The normalized spacial score (nSPS) is 20.0. The molecule has 0 saturated carbocycles. The molecule has 1 aromatic heterocycles. The van der Waals surface area contributed by atoms with Crippen LogP contribution < -0.4 is 9.47 Å². The molecule has 0 radical (unpaired) electrons. The van der Waals surface area contributed by atoms with Crippen molar-refractivity contribution in [3.63, 3.8) is 0 Å². The molecule has 2 atom stereocenters. The summed E-state index contributed by atoms with van der Waals surface area (Å²) in [7, 11) is 2.05. The van der Waals surface area contributed by atoms with Gasteiger partial charge >= 0.3 is 6.61 Å². The SMILES string of the molecule is COc1cc(C(=O)N2CCS(=O)CC2c2cnn(C)c2)ccc1OC(F)F. The second-order valence-corrected chi connectivity index (χ2v) is 7.64. The maximum Gasteiger partial charge on any atom is 0.387 e. The first-order valence-corrected chi connectivity index (χ1v) is 9.65. The molecule has 2 heterocycles. The first-order chi connectivity index (χ1) is 12.9. The number of carbonyl (C=O) groups is 1. The number of carbonyl (C=O) groups excluding carboxylic acids is 1. The molecule has 1 amide bonds. The topological polar surface area (TPSA) is 73.7 Å². The highest BCUT2D eigenvalue weighted by Crippen LogP contribution is 2.32. The number of benzene rings is 1. The van der Waals surface area contributed by atoms with Crippen LogP contribution in [-0.4, -0.2) is 56.6 Å². The molecule has 1 aromatic carbocycles. The Morgan fingerprint density at radius 3 is 2.78 bits per heavy atom. The van der Waals surface area contributed by atoms with E-state index in [9.17, 15) is 17.8 Å². The number of halogens is 2. The zero-order valence-corrected chi connectivity index (χ0v) is 15.6. The van der Waals surface area contributed by atoms with Crippen molar-refractivity contribution in [1.29, 1.82) is 0 Å². The average molecular weight is 399 g/mol. The van der Waals surface area contributed by atoms with Gasteiger partial charge in [0.15, 0.2) is 11.5 Å². The van der Waals surface area contributed by atoms with Gasteiger partial charge in [-0.1, -0.05) is 0 Å². The van der Waals surface area contributed by atoms with E-state index in [1.165, 1.54) is 25.3 Å². The fourth-order valence-electron chi connectivity index (χ4n) is 3.00. The Labute approximate surface area is 157 Å². The van der Waals surface area contributed by atoms with E-state index in [4.69, 9.17) is 4.74 Å². The number of rotatable bonds is 5. The average Bonchev–Trinajstić information content (AvgIpc) is 3.07. The number of methoxy groups -OCH3 is 1. The lowest BCUT2D eigenvalue weighted by atomic mass is 10.1. The van der Waals surface area contributed by atoms with Crippen molar-refractivity contribution in [2.45, 2.75) is 12.7 Å². The Bertz CT molecular complexity index is 858.